The fraction of sp³-hybridized carbons (Fsp3) is 0.375. The smallest absolute Gasteiger partial charge is 0.240 e. The molecule has 0 amide bonds. The molecule has 6 nitrogen and oxygen atoms in total. The first-order chi connectivity index (χ1) is 11.5. The van der Waals surface area contributed by atoms with Crippen molar-refractivity contribution >= 4 is 21.4 Å². The Balaban J connectivity index is 1.73. The Morgan fingerprint density at radius 3 is 2.62 bits per heavy atom. The summed E-state index contributed by atoms with van der Waals surface area (Å²) < 4.78 is 43.9. The van der Waals surface area contributed by atoms with E-state index in [0.717, 1.165) is 9.75 Å². The lowest BCUT2D eigenvalue weighted by Gasteiger charge is -2.19. The van der Waals surface area contributed by atoms with Crippen LogP contribution in [0.25, 0.3) is 0 Å². The van der Waals surface area contributed by atoms with E-state index in [1.807, 2.05) is 19.1 Å². The molecule has 1 N–H and O–H groups in total. The molecule has 1 aromatic heterocycles. The third kappa shape index (κ3) is 3.72. The monoisotopic (exact) mass is 369 g/mol. The van der Waals surface area contributed by atoms with Crippen LogP contribution in [0.15, 0.2) is 35.2 Å². The molecule has 1 aromatic carbocycles. The lowest BCUT2D eigenvalue weighted by atomic mass is 10.3. The van der Waals surface area contributed by atoms with Crippen LogP contribution in [0.5, 0.6) is 11.5 Å². The molecule has 0 fully saturated rings. The highest BCUT2D eigenvalue weighted by molar-refractivity contribution is 7.89. The first-order valence-electron chi connectivity index (χ1n) is 7.48. The number of ether oxygens (including phenoxy) is 3. The summed E-state index contributed by atoms with van der Waals surface area (Å²) >= 11 is 1.59. The number of aryl methyl sites for hydroxylation is 1. The van der Waals surface area contributed by atoms with Gasteiger partial charge in [-0.25, -0.2) is 13.1 Å². The van der Waals surface area contributed by atoms with Gasteiger partial charge in [-0.2, -0.15) is 0 Å². The molecule has 1 unspecified atom stereocenters. The first-order valence-corrected chi connectivity index (χ1v) is 9.78. The molecule has 3 rings (SSSR count). The van der Waals surface area contributed by atoms with Gasteiger partial charge < -0.3 is 14.2 Å². The maximum atomic E-state index is 12.5. The van der Waals surface area contributed by atoms with Gasteiger partial charge in [0.05, 0.1) is 4.90 Å². The number of sulfonamides is 1. The minimum absolute atomic E-state index is 0.143. The Hall–Kier alpha value is -1.61. The summed E-state index contributed by atoms with van der Waals surface area (Å²) in [5.41, 5.74) is 0. The molecule has 2 aromatic rings. The van der Waals surface area contributed by atoms with Crippen molar-refractivity contribution in [2.75, 3.05) is 26.9 Å². The second-order valence-electron chi connectivity index (χ2n) is 5.33. The third-order valence-corrected chi connectivity index (χ3v) is 6.16. The number of rotatable bonds is 6. The zero-order chi connectivity index (χ0) is 17.2. The molecular formula is C16H19NO5S2. The van der Waals surface area contributed by atoms with Gasteiger partial charge in [-0.3, -0.25) is 0 Å². The number of thiophene rings is 1. The summed E-state index contributed by atoms with van der Waals surface area (Å²) in [6.07, 6.45) is -0.323. The quantitative estimate of drug-likeness (QED) is 0.847. The predicted molar refractivity (Wildman–Crippen MR) is 91.4 cm³/mol. The first kappa shape index (κ1) is 17.2. The van der Waals surface area contributed by atoms with Crippen molar-refractivity contribution in [3.63, 3.8) is 0 Å². The van der Waals surface area contributed by atoms with Crippen LogP contribution in [0, 0.1) is 6.92 Å². The molecule has 1 aliphatic heterocycles. The van der Waals surface area contributed by atoms with Gasteiger partial charge in [0.2, 0.25) is 10.0 Å². The van der Waals surface area contributed by atoms with Crippen molar-refractivity contribution in [2.45, 2.75) is 17.9 Å². The van der Waals surface area contributed by atoms with E-state index in [-0.39, 0.29) is 17.5 Å². The topological polar surface area (TPSA) is 73.9 Å². The number of nitrogens with one attached hydrogen (secondary N) is 1. The minimum Gasteiger partial charge on any atom is -0.486 e. The maximum Gasteiger partial charge on any atom is 0.240 e. The molecule has 0 saturated heterocycles. The van der Waals surface area contributed by atoms with E-state index in [1.165, 1.54) is 12.1 Å². The van der Waals surface area contributed by atoms with Gasteiger partial charge in [0.1, 0.15) is 19.3 Å². The largest absolute Gasteiger partial charge is 0.486 e. The van der Waals surface area contributed by atoms with Crippen LogP contribution in [0.4, 0.5) is 0 Å². The zero-order valence-corrected chi connectivity index (χ0v) is 15.1. The SMILES string of the molecule is COC(CNS(=O)(=O)c1ccc2c(c1)OCCO2)c1ccc(C)s1. The molecule has 130 valence electrons. The van der Waals surface area contributed by atoms with Crippen LogP contribution in [-0.2, 0) is 14.8 Å². The molecule has 0 aliphatic carbocycles. The van der Waals surface area contributed by atoms with E-state index in [2.05, 4.69) is 4.72 Å². The Morgan fingerprint density at radius 2 is 1.96 bits per heavy atom. The summed E-state index contributed by atoms with van der Waals surface area (Å²) in [6.45, 7) is 3.04. The van der Waals surface area contributed by atoms with Crippen molar-refractivity contribution in [1.29, 1.82) is 0 Å². The van der Waals surface area contributed by atoms with E-state index in [1.54, 1.807) is 24.5 Å². The zero-order valence-electron chi connectivity index (χ0n) is 13.4. The Bertz CT molecular complexity index is 816. The van der Waals surface area contributed by atoms with Crippen molar-refractivity contribution in [2.24, 2.45) is 0 Å². The van der Waals surface area contributed by atoms with Crippen LogP contribution < -0.4 is 14.2 Å². The second-order valence-corrected chi connectivity index (χ2v) is 8.42. The Morgan fingerprint density at radius 1 is 1.21 bits per heavy atom. The molecular weight excluding hydrogens is 350 g/mol. The summed E-state index contributed by atoms with van der Waals surface area (Å²) in [5.74, 6) is 1.00. The van der Waals surface area contributed by atoms with E-state index in [9.17, 15) is 8.42 Å². The number of methoxy groups -OCH3 is 1. The van der Waals surface area contributed by atoms with Crippen molar-refractivity contribution in [3.05, 3.63) is 40.1 Å². The summed E-state index contributed by atoms with van der Waals surface area (Å²) in [4.78, 5) is 2.28. The third-order valence-electron chi connectivity index (χ3n) is 3.65. The normalized spacial score (nSPS) is 15.2. The fourth-order valence-electron chi connectivity index (χ4n) is 2.39. The van der Waals surface area contributed by atoms with Crippen molar-refractivity contribution in [3.8, 4) is 11.5 Å². The molecule has 2 heterocycles. The van der Waals surface area contributed by atoms with Gasteiger partial charge in [-0.15, -0.1) is 11.3 Å². The maximum absolute atomic E-state index is 12.5. The van der Waals surface area contributed by atoms with Crippen molar-refractivity contribution in [1.82, 2.24) is 4.72 Å². The van der Waals surface area contributed by atoms with Crippen molar-refractivity contribution < 1.29 is 22.6 Å². The van der Waals surface area contributed by atoms with E-state index < -0.39 is 10.0 Å². The molecule has 0 bridgehead atoms. The second kappa shape index (κ2) is 7.10. The number of benzene rings is 1. The average molecular weight is 369 g/mol. The molecule has 0 saturated carbocycles. The van der Waals surface area contributed by atoms with Crippen LogP contribution in [0.1, 0.15) is 15.9 Å². The molecule has 0 spiro atoms. The van der Waals surface area contributed by atoms with Crippen LogP contribution >= 0.6 is 11.3 Å². The van der Waals surface area contributed by atoms with Crippen LogP contribution in [0.2, 0.25) is 0 Å². The molecule has 1 aliphatic rings. The minimum atomic E-state index is -3.66. The van der Waals surface area contributed by atoms with E-state index in [0.29, 0.717) is 24.7 Å². The lowest BCUT2D eigenvalue weighted by Crippen LogP contribution is -2.29. The summed E-state index contributed by atoms with van der Waals surface area (Å²) in [5, 5.41) is 0. The molecule has 1 atom stereocenters. The number of hydrogen-bond acceptors (Lipinski definition) is 6. The van der Waals surface area contributed by atoms with Gasteiger partial charge in [0, 0.05) is 29.5 Å². The van der Waals surface area contributed by atoms with Crippen LogP contribution in [0.3, 0.4) is 0 Å². The van der Waals surface area contributed by atoms with Gasteiger partial charge in [-0.05, 0) is 31.2 Å². The summed E-state index contributed by atoms with van der Waals surface area (Å²) in [6, 6.07) is 8.54. The van der Waals surface area contributed by atoms with Gasteiger partial charge in [0.25, 0.3) is 0 Å². The molecule has 8 heteroatoms. The highest BCUT2D eigenvalue weighted by Crippen LogP contribution is 2.32. The molecule has 0 radical (unpaired) electrons. The van der Waals surface area contributed by atoms with Crippen LogP contribution in [-0.4, -0.2) is 35.3 Å². The highest BCUT2D eigenvalue weighted by atomic mass is 32.2. The molecule has 24 heavy (non-hydrogen) atoms. The highest BCUT2D eigenvalue weighted by Gasteiger charge is 2.21. The Kier molecular flexibility index (Phi) is 5.09. The van der Waals surface area contributed by atoms with E-state index >= 15 is 0 Å². The van der Waals surface area contributed by atoms with Gasteiger partial charge >= 0.3 is 0 Å². The number of hydrogen-bond donors (Lipinski definition) is 1. The van der Waals surface area contributed by atoms with Gasteiger partial charge in [0.15, 0.2) is 11.5 Å². The predicted octanol–water partition coefficient (Wildman–Crippen LogP) is 2.49. The standard InChI is InChI=1S/C16H19NO5S2/c1-11-3-6-16(23-11)15(20-2)10-17-24(18,19)12-4-5-13-14(9-12)22-8-7-21-13/h3-6,9,15,17H,7-8,10H2,1-2H3. The Labute approximate surface area is 145 Å². The number of fused-ring (bicyclic) bond motifs is 1. The lowest BCUT2D eigenvalue weighted by molar-refractivity contribution is 0.110. The summed E-state index contributed by atoms with van der Waals surface area (Å²) in [7, 11) is -2.09. The average Bonchev–Trinajstić information content (AvgIpc) is 3.01. The van der Waals surface area contributed by atoms with E-state index in [4.69, 9.17) is 14.2 Å². The fourth-order valence-corrected chi connectivity index (χ4v) is 4.39. The van der Waals surface area contributed by atoms with Gasteiger partial charge in [-0.1, -0.05) is 0 Å².